The van der Waals surface area contributed by atoms with Crippen LogP contribution in [0.3, 0.4) is 0 Å². The largest absolute Gasteiger partial charge is 0.444 e. The second kappa shape index (κ2) is 5.65. The summed E-state index contributed by atoms with van der Waals surface area (Å²) in [4.78, 5) is 26.6. The van der Waals surface area contributed by atoms with E-state index in [1.807, 2.05) is 32.4 Å². The van der Waals surface area contributed by atoms with Gasteiger partial charge in [0, 0.05) is 31.0 Å². The SMILES string of the molecule is C[C@@H]1Cc2nn3c(c2CN1C(=O)OC(C)(C)C)C(=O)CCCC3. The monoisotopic (exact) mass is 319 g/mol. The zero-order valence-corrected chi connectivity index (χ0v) is 14.4. The Bertz CT molecular complexity index is 642. The molecule has 6 nitrogen and oxygen atoms in total. The van der Waals surface area contributed by atoms with Crippen molar-refractivity contribution in [3.8, 4) is 0 Å². The zero-order chi connectivity index (χ0) is 16.8. The van der Waals surface area contributed by atoms with Crippen LogP contribution in [0.1, 0.15) is 68.7 Å². The average molecular weight is 319 g/mol. The van der Waals surface area contributed by atoms with Gasteiger partial charge in [-0.1, -0.05) is 0 Å². The predicted molar refractivity (Wildman–Crippen MR) is 85.4 cm³/mol. The fourth-order valence-corrected chi connectivity index (χ4v) is 3.30. The van der Waals surface area contributed by atoms with Crippen LogP contribution in [0, 0.1) is 0 Å². The summed E-state index contributed by atoms with van der Waals surface area (Å²) in [5.74, 6) is 0.148. The number of carbonyl (C=O) groups is 2. The number of Topliss-reactive ketones (excluding diaryl/α,β-unsaturated/α-hetero) is 1. The lowest BCUT2D eigenvalue weighted by Crippen LogP contribution is -2.45. The summed E-state index contributed by atoms with van der Waals surface area (Å²) in [6.45, 7) is 8.78. The van der Waals surface area contributed by atoms with Crippen molar-refractivity contribution < 1.29 is 14.3 Å². The van der Waals surface area contributed by atoms with Crippen molar-refractivity contribution in [2.24, 2.45) is 0 Å². The molecule has 0 fully saturated rings. The van der Waals surface area contributed by atoms with Gasteiger partial charge in [0.2, 0.25) is 0 Å². The third-order valence-electron chi connectivity index (χ3n) is 4.40. The number of ether oxygens (including phenoxy) is 1. The number of nitrogens with zero attached hydrogens (tertiary/aromatic N) is 3. The van der Waals surface area contributed by atoms with E-state index < -0.39 is 5.60 Å². The molecule has 2 aliphatic heterocycles. The van der Waals surface area contributed by atoms with E-state index in [0.29, 0.717) is 25.1 Å². The number of fused-ring (bicyclic) bond motifs is 3. The number of hydrogen-bond acceptors (Lipinski definition) is 4. The van der Waals surface area contributed by atoms with E-state index in [0.717, 1.165) is 30.6 Å². The lowest BCUT2D eigenvalue weighted by molar-refractivity contribution is 0.0136. The van der Waals surface area contributed by atoms with Gasteiger partial charge in [-0.15, -0.1) is 0 Å². The van der Waals surface area contributed by atoms with Gasteiger partial charge in [-0.05, 0) is 40.5 Å². The van der Waals surface area contributed by atoms with Crippen molar-refractivity contribution in [2.45, 2.75) is 78.1 Å². The van der Waals surface area contributed by atoms with Gasteiger partial charge in [-0.2, -0.15) is 5.10 Å². The molecule has 0 spiro atoms. The number of aromatic nitrogens is 2. The molecule has 6 heteroatoms. The summed E-state index contributed by atoms with van der Waals surface area (Å²) in [5.41, 5.74) is 2.06. The first-order chi connectivity index (χ1) is 10.8. The zero-order valence-electron chi connectivity index (χ0n) is 14.4. The molecule has 126 valence electrons. The number of carbonyl (C=O) groups excluding carboxylic acids is 2. The lowest BCUT2D eigenvalue weighted by atomic mass is 9.98. The highest BCUT2D eigenvalue weighted by Crippen LogP contribution is 2.29. The molecule has 0 saturated carbocycles. The van der Waals surface area contributed by atoms with Crippen LogP contribution >= 0.6 is 0 Å². The fraction of sp³-hybridized carbons (Fsp3) is 0.706. The second-order valence-electron chi connectivity index (χ2n) is 7.54. The maximum Gasteiger partial charge on any atom is 0.410 e. The third-order valence-corrected chi connectivity index (χ3v) is 4.40. The van der Waals surface area contributed by atoms with Crippen LogP contribution in [0.5, 0.6) is 0 Å². The summed E-state index contributed by atoms with van der Waals surface area (Å²) in [6, 6.07) is 0.0200. The van der Waals surface area contributed by atoms with Crippen LogP contribution in [0.2, 0.25) is 0 Å². The van der Waals surface area contributed by atoms with Crippen molar-refractivity contribution >= 4 is 11.9 Å². The maximum atomic E-state index is 12.5. The summed E-state index contributed by atoms with van der Waals surface area (Å²) >= 11 is 0. The number of rotatable bonds is 0. The van der Waals surface area contributed by atoms with E-state index in [-0.39, 0.29) is 17.9 Å². The first-order valence-electron chi connectivity index (χ1n) is 8.37. The molecule has 0 unspecified atom stereocenters. The first kappa shape index (κ1) is 16.0. The number of aryl methyl sites for hydroxylation is 1. The molecule has 0 N–H and O–H groups in total. The Labute approximate surface area is 136 Å². The van der Waals surface area contributed by atoms with E-state index in [9.17, 15) is 9.59 Å². The van der Waals surface area contributed by atoms with Crippen molar-refractivity contribution in [1.82, 2.24) is 14.7 Å². The average Bonchev–Trinajstić information content (AvgIpc) is 2.67. The Morgan fingerprint density at radius 1 is 1.30 bits per heavy atom. The van der Waals surface area contributed by atoms with Crippen LogP contribution in [-0.4, -0.2) is 38.2 Å². The highest BCUT2D eigenvalue weighted by molar-refractivity contribution is 5.96. The molecular formula is C17H25N3O3. The van der Waals surface area contributed by atoms with Crippen molar-refractivity contribution in [3.05, 3.63) is 17.0 Å². The van der Waals surface area contributed by atoms with Crippen LogP contribution in [0.15, 0.2) is 0 Å². The molecule has 1 atom stereocenters. The molecule has 0 aromatic carbocycles. The van der Waals surface area contributed by atoms with Gasteiger partial charge in [0.15, 0.2) is 5.78 Å². The van der Waals surface area contributed by atoms with Crippen LogP contribution in [-0.2, 0) is 24.2 Å². The summed E-state index contributed by atoms with van der Waals surface area (Å²) in [7, 11) is 0. The molecule has 0 aliphatic carbocycles. The van der Waals surface area contributed by atoms with Crippen LogP contribution < -0.4 is 0 Å². The molecule has 3 heterocycles. The first-order valence-corrected chi connectivity index (χ1v) is 8.37. The number of ketones is 1. The van der Waals surface area contributed by atoms with E-state index in [1.54, 1.807) is 4.90 Å². The van der Waals surface area contributed by atoms with Crippen molar-refractivity contribution in [2.75, 3.05) is 0 Å². The summed E-state index contributed by atoms with van der Waals surface area (Å²) in [5, 5.41) is 4.64. The fourth-order valence-electron chi connectivity index (χ4n) is 3.30. The molecule has 1 aromatic rings. The molecule has 1 aromatic heterocycles. The molecule has 0 bridgehead atoms. The van der Waals surface area contributed by atoms with E-state index in [1.165, 1.54) is 0 Å². The molecule has 23 heavy (non-hydrogen) atoms. The van der Waals surface area contributed by atoms with E-state index >= 15 is 0 Å². The molecule has 3 rings (SSSR count). The minimum Gasteiger partial charge on any atom is -0.444 e. The molecule has 1 amide bonds. The van der Waals surface area contributed by atoms with E-state index in [2.05, 4.69) is 5.10 Å². The third kappa shape index (κ3) is 3.12. The Hall–Kier alpha value is -1.85. The Balaban J connectivity index is 1.91. The van der Waals surface area contributed by atoms with Crippen LogP contribution in [0.4, 0.5) is 4.79 Å². The Morgan fingerprint density at radius 3 is 2.74 bits per heavy atom. The Kier molecular flexibility index (Phi) is 3.94. The lowest BCUT2D eigenvalue weighted by Gasteiger charge is -2.34. The second-order valence-corrected chi connectivity index (χ2v) is 7.54. The molecule has 0 radical (unpaired) electrons. The smallest absolute Gasteiger partial charge is 0.410 e. The van der Waals surface area contributed by atoms with Gasteiger partial charge in [-0.3, -0.25) is 9.48 Å². The highest BCUT2D eigenvalue weighted by atomic mass is 16.6. The van der Waals surface area contributed by atoms with Crippen molar-refractivity contribution in [3.63, 3.8) is 0 Å². The number of amides is 1. The van der Waals surface area contributed by atoms with Gasteiger partial charge in [0.1, 0.15) is 11.3 Å². The molecule has 2 aliphatic rings. The minimum absolute atomic E-state index is 0.0200. The van der Waals surface area contributed by atoms with Gasteiger partial charge >= 0.3 is 6.09 Å². The number of hydrogen-bond donors (Lipinski definition) is 0. The molecule has 0 saturated heterocycles. The van der Waals surface area contributed by atoms with Crippen molar-refractivity contribution in [1.29, 1.82) is 0 Å². The summed E-state index contributed by atoms with van der Waals surface area (Å²) in [6.07, 6.45) is 2.80. The maximum absolute atomic E-state index is 12.5. The minimum atomic E-state index is -0.525. The van der Waals surface area contributed by atoms with Gasteiger partial charge in [0.05, 0.1) is 12.2 Å². The predicted octanol–water partition coefficient (Wildman–Crippen LogP) is 2.93. The molecular weight excluding hydrogens is 294 g/mol. The van der Waals surface area contributed by atoms with E-state index in [4.69, 9.17) is 4.74 Å². The van der Waals surface area contributed by atoms with Gasteiger partial charge in [0.25, 0.3) is 0 Å². The topological polar surface area (TPSA) is 64.4 Å². The van der Waals surface area contributed by atoms with Gasteiger partial charge < -0.3 is 9.64 Å². The summed E-state index contributed by atoms with van der Waals surface area (Å²) < 4.78 is 7.36. The quantitative estimate of drug-likeness (QED) is 0.737. The van der Waals surface area contributed by atoms with Crippen LogP contribution in [0.25, 0.3) is 0 Å². The highest BCUT2D eigenvalue weighted by Gasteiger charge is 2.35. The standard InChI is InChI=1S/C17H25N3O3/c1-11-9-13-12(10-19(11)16(22)23-17(2,3)4)15-14(21)7-5-6-8-20(15)18-13/h11H,5-10H2,1-4H3/t11-/m1/s1. The normalized spacial score (nSPS) is 21.5. The Morgan fingerprint density at radius 2 is 2.04 bits per heavy atom. The van der Waals surface area contributed by atoms with Gasteiger partial charge in [-0.25, -0.2) is 4.79 Å².